The van der Waals surface area contributed by atoms with E-state index >= 15 is 0 Å². The molecule has 31 heavy (non-hydrogen) atoms. The van der Waals surface area contributed by atoms with Crippen LogP contribution in [0.2, 0.25) is 5.02 Å². The van der Waals surface area contributed by atoms with Crippen molar-refractivity contribution >= 4 is 35.1 Å². The Morgan fingerprint density at radius 2 is 1.90 bits per heavy atom. The average Bonchev–Trinajstić information content (AvgIpc) is 3.56. The molecule has 2 fully saturated rings. The fourth-order valence-electron chi connectivity index (χ4n) is 3.61. The quantitative estimate of drug-likeness (QED) is 0.603. The van der Waals surface area contributed by atoms with Crippen molar-refractivity contribution in [2.24, 2.45) is 0 Å². The van der Waals surface area contributed by atoms with Gasteiger partial charge in [-0.3, -0.25) is 0 Å². The van der Waals surface area contributed by atoms with Crippen molar-refractivity contribution in [1.82, 2.24) is 15.0 Å². The van der Waals surface area contributed by atoms with E-state index in [0.29, 0.717) is 59.2 Å². The van der Waals surface area contributed by atoms with Crippen LogP contribution in [0.25, 0.3) is 11.3 Å². The van der Waals surface area contributed by atoms with Crippen LogP contribution in [0, 0.1) is 5.82 Å². The third-order valence-corrected chi connectivity index (χ3v) is 7.34. The van der Waals surface area contributed by atoms with E-state index in [-0.39, 0.29) is 10.6 Å². The smallest absolute Gasteiger partial charge is 0.226 e. The summed E-state index contributed by atoms with van der Waals surface area (Å²) in [6.07, 6.45) is 3.47. The maximum Gasteiger partial charge on any atom is 0.226 e. The van der Waals surface area contributed by atoms with Crippen LogP contribution in [0.3, 0.4) is 0 Å². The molecule has 1 saturated heterocycles. The molecule has 160 valence electrons. The summed E-state index contributed by atoms with van der Waals surface area (Å²) in [4.78, 5) is 16.6. The van der Waals surface area contributed by atoms with Gasteiger partial charge in [-0.05, 0) is 37.1 Å². The Labute approximate surface area is 189 Å². The van der Waals surface area contributed by atoms with Crippen LogP contribution in [0.5, 0.6) is 0 Å². The van der Waals surface area contributed by atoms with Crippen LogP contribution in [0.4, 0.5) is 16.2 Å². The monoisotopic (exact) mass is 457 g/mol. The number of thioether (sulfide) groups is 1. The molecule has 3 aromatic rings. The van der Waals surface area contributed by atoms with Crippen LogP contribution in [-0.4, -0.2) is 41.3 Å². The highest BCUT2D eigenvalue weighted by Crippen LogP contribution is 2.59. The summed E-state index contributed by atoms with van der Waals surface area (Å²) < 4.78 is 19.6. The van der Waals surface area contributed by atoms with Crippen LogP contribution >= 0.6 is 23.4 Å². The van der Waals surface area contributed by atoms with Crippen molar-refractivity contribution in [2.45, 2.75) is 22.5 Å². The van der Waals surface area contributed by atoms with Gasteiger partial charge in [0.25, 0.3) is 0 Å². The molecule has 1 aliphatic heterocycles. The summed E-state index contributed by atoms with van der Waals surface area (Å²) in [5, 5.41) is 0.483. The molecule has 9 heteroatoms. The highest BCUT2D eigenvalue weighted by atomic mass is 35.5. The van der Waals surface area contributed by atoms with Gasteiger partial charge in [-0.15, -0.1) is 11.8 Å². The molecule has 6 nitrogen and oxygen atoms in total. The van der Waals surface area contributed by atoms with E-state index in [1.165, 1.54) is 17.8 Å². The van der Waals surface area contributed by atoms with Crippen molar-refractivity contribution in [3.8, 4) is 11.3 Å². The number of nitrogens with two attached hydrogens (primary N) is 1. The van der Waals surface area contributed by atoms with Crippen LogP contribution in [-0.2, 0) is 9.48 Å². The van der Waals surface area contributed by atoms with E-state index in [1.54, 1.807) is 18.3 Å². The number of pyridine rings is 1. The molecule has 2 aliphatic rings. The van der Waals surface area contributed by atoms with Crippen molar-refractivity contribution in [3.63, 3.8) is 0 Å². The van der Waals surface area contributed by atoms with Gasteiger partial charge in [0, 0.05) is 29.7 Å². The lowest BCUT2D eigenvalue weighted by Gasteiger charge is -2.28. The molecule has 1 aromatic carbocycles. The molecule has 0 spiro atoms. The van der Waals surface area contributed by atoms with E-state index in [9.17, 15) is 4.39 Å². The number of anilines is 2. The lowest BCUT2D eigenvalue weighted by molar-refractivity contribution is 0.122. The van der Waals surface area contributed by atoms with Crippen LogP contribution in [0.1, 0.15) is 18.5 Å². The Bertz CT molecular complexity index is 1120. The van der Waals surface area contributed by atoms with Crippen molar-refractivity contribution in [2.75, 3.05) is 36.9 Å². The van der Waals surface area contributed by atoms with E-state index in [1.807, 2.05) is 18.2 Å². The molecule has 0 unspecified atom stereocenters. The van der Waals surface area contributed by atoms with Crippen molar-refractivity contribution in [3.05, 3.63) is 59.1 Å². The minimum absolute atomic E-state index is 0.216. The number of hydrogen-bond donors (Lipinski definition) is 1. The van der Waals surface area contributed by atoms with Gasteiger partial charge in [0.2, 0.25) is 5.95 Å². The Balaban J connectivity index is 1.58. The van der Waals surface area contributed by atoms with Crippen LogP contribution < -0.4 is 10.6 Å². The molecule has 0 radical (unpaired) electrons. The largest absolute Gasteiger partial charge is 0.384 e. The normalized spacial score (nSPS) is 17.5. The molecular formula is C22H21ClFN5OS. The second kappa shape index (κ2) is 8.26. The van der Waals surface area contributed by atoms with Crippen molar-refractivity contribution < 1.29 is 9.13 Å². The lowest BCUT2D eigenvalue weighted by atomic mass is 10.1. The van der Waals surface area contributed by atoms with Gasteiger partial charge >= 0.3 is 0 Å². The topological polar surface area (TPSA) is 77.2 Å². The minimum Gasteiger partial charge on any atom is -0.384 e. The second-order valence-corrected chi connectivity index (χ2v) is 9.49. The number of hydrogen-bond acceptors (Lipinski definition) is 7. The standard InChI is InChI=1S/C22H21ClFN5OS/c23-15-11-20(25)26-13-14(15)17-12-19(28-21(27-17)29-7-9-30-10-8-29)22(5-6-22)31-18-4-2-1-3-16(18)24/h1-4,11-13H,5-10H2,(H2,25,26). The Morgan fingerprint density at radius 3 is 2.61 bits per heavy atom. The summed E-state index contributed by atoms with van der Waals surface area (Å²) in [7, 11) is 0. The summed E-state index contributed by atoms with van der Waals surface area (Å²) in [6.45, 7) is 2.68. The van der Waals surface area contributed by atoms with Gasteiger partial charge in [0.05, 0.1) is 34.4 Å². The highest BCUT2D eigenvalue weighted by Gasteiger charge is 2.48. The van der Waals surface area contributed by atoms with E-state index in [4.69, 9.17) is 32.0 Å². The fourth-order valence-corrected chi connectivity index (χ4v) is 5.11. The molecule has 1 aliphatic carbocycles. The molecule has 5 rings (SSSR count). The van der Waals surface area contributed by atoms with Gasteiger partial charge < -0.3 is 15.4 Å². The molecule has 1 saturated carbocycles. The summed E-state index contributed by atoms with van der Waals surface area (Å²) in [6, 6.07) is 10.4. The van der Waals surface area contributed by atoms with E-state index in [2.05, 4.69) is 9.88 Å². The first-order chi connectivity index (χ1) is 15.0. The zero-order valence-electron chi connectivity index (χ0n) is 16.7. The van der Waals surface area contributed by atoms with Gasteiger partial charge in [0.15, 0.2) is 0 Å². The van der Waals surface area contributed by atoms with Gasteiger partial charge in [-0.2, -0.15) is 0 Å². The Kier molecular flexibility index (Phi) is 5.45. The minimum atomic E-state index is -0.283. The number of aromatic nitrogens is 3. The molecule has 0 amide bonds. The summed E-state index contributed by atoms with van der Waals surface area (Å²) in [5.74, 6) is 0.765. The number of halogens is 2. The second-order valence-electron chi connectivity index (χ2n) is 7.65. The fraction of sp³-hybridized carbons (Fsp3) is 0.318. The SMILES string of the molecule is Nc1cc(Cl)c(-c2cc(C3(Sc4ccccc4F)CC3)nc(N3CCOCC3)n2)cn1. The van der Waals surface area contributed by atoms with Gasteiger partial charge in [0.1, 0.15) is 11.6 Å². The number of nitrogen functional groups attached to an aromatic ring is 1. The molecule has 0 bridgehead atoms. The number of benzene rings is 1. The molecule has 2 aromatic heterocycles. The Morgan fingerprint density at radius 1 is 1.13 bits per heavy atom. The van der Waals surface area contributed by atoms with Gasteiger partial charge in [-0.1, -0.05) is 23.7 Å². The summed E-state index contributed by atoms with van der Waals surface area (Å²) >= 11 is 7.99. The predicted molar refractivity (Wildman–Crippen MR) is 121 cm³/mol. The third-order valence-electron chi connectivity index (χ3n) is 5.47. The summed E-state index contributed by atoms with van der Waals surface area (Å²) in [5.41, 5.74) is 8.03. The molecule has 2 N–H and O–H groups in total. The Hall–Kier alpha value is -2.42. The zero-order chi connectivity index (χ0) is 21.4. The highest BCUT2D eigenvalue weighted by molar-refractivity contribution is 8.00. The number of morpholine rings is 1. The maximum atomic E-state index is 14.4. The molecule has 0 atom stereocenters. The first-order valence-corrected chi connectivity index (χ1v) is 11.3. The van der Waals surface area contributed by atoms with E-state index < -0.39 is 0 Å². The lowest BCUT2D eigenvalue weighted by Crippen LogP contribution is -2.37. The van der Waals surface area contributed by atoms with Crippen molar-refractivity contribution in [1.29, 1.82) is 0 Å². The zero-order valence-corrected chi connectivity index (χ0v) is 18.3. The first-order valence-electron chi connectivity index (χ1n) is 10.1. The number of ether oxygens (including phenoxy) is 1. The molecule has 3 heterocycles. The predicted octanol–water partition coefficient (Wildman–Crippen LogP) is 4.53. The number of rotatable bonds is 5. The maximum absolute atomic E-state index is 14.4. The van der Waals surface area contributed by atoms with E-state index in [0.717, 1.165) is 18.5 Å². The average molecular weight is 458 g/mol. The van der Waals surface area contributed by atoms with Gasteiger partial charge in [-0.25, -0.2) is 19.3 Å². The number of nitrogens with zero attached hydrogens (tertiary/aromatic N) is 4. The van der Waals surface area contributed by atoms with Crippen LogP contribution in [0.15, 0.2) is 47.5 Å². The molecular weight excluding hydrogens is 437 g/mol. The first kappa shape index (κ1) is 20.5. The third kappa shape index (κ3) is 4.20.